The van der Waals surface area contributed by atoms with Gasteiger partial charge in [0.15, 0.2) is 0 Å². The second-order valence-corrected chi connectivity index (χ2v) is 6.10. The number of hydrogen-bond acceptors (Lipinski definition) is 3. The van der Waals surface area contributed by atoms with Crippen LogP contribution in [0.4, 0.5) is 0 Å². The van der Waals surface area contributed by atoms with E-state index in [4.69, 9.17) is 4.74 Å². The number of Topliss-reactive ketones (excluding diaryl/α,β-unsaturated/α-hetero) is 1. The van der Waals surface area contributed by atoms with Crippen molar-refractivity contribution in [3.63, 3.8) is 0 Å². The zero-order valence-corrected chi connectivity index (χ0v) is 12.2. The molecule has 2 aliphatic heterocycles. The quantitative estimate of drug-likeness (QED) is 0.844. The lowest BCUT2D eigenvalue weighted by Crippen LogP contribution is -2.43. The van der Waals surface area contributed by atoms with Crippen molar-refractivity contribution >= 4 is 5.78 Å². The molecule has 0 N–H and O–H groups in total. The van der Waals surface area contributed by atoms with E-state index in [-0.39, 0.29) is 0 Å². The monoisotopic (exact) mass is 273 g/mol. The summed E-state index contributed by atoms with van der Waals surface area (Å²) in [5.74, 6) is 1.81. The van der Waals surface area contributed by atoms with Gasteiger partial charge in [-0.3, -0.25) is 9.69 Å². The SMILES string of the molecule is CC(=O)CC1CCCCN1CC1COc2ccccc21. The first-order chi connectivity index (χ1) is 9.74. The van der Waals surface area contributed by atoms with Crippen LogP contribution in [0, 0.1) is 0 Å². The van der Waals surface area contributed by atoms with Gasteiger partial charge >= 0.3 is 0 Å². The van der Waals surface area contributed by atoms with E-state index in [1.807, 2.05) is 6.07 Å². The number of hydrogen-bond donors (Lipinski definition) is 0. The zero-order valence-electron chi connectivity index (χ0n) is 12.2. The molecular formula is C17H23NO2. The number of benzene rings is 1. The molecule has 3 nitrogen and oxygen atoms in total. The van der Waals surface area contributed by atoms with Crippen LogP contribution < -0.4 is 4.74 Å². The molecule has 0 aromatic heterocycles. The molecule has 1 saturated heterocycles. The summed E-state index contributed by atoms with van der Waals surface area (Å²) in [5, 5.41) is 0. The highest BCUT2D eigenvalue weighted by atomic mass is 16.5. The van der Waals surface area contributed by atoms with Crippen LogP contribution >= 0.6 is 0 Å². The van der Waals surface area contributed by atoms with Crippen molar-refractivity contribution in [3.05, 3.63) is 29.8 Å². The molecular weight excluding hydrogens is 250 g/mol. The van der Waals surface area contributed by atoms with Crippen molar-refractivity contribution in [2.45, 2.75) is 44.6 Å². The molecule has 2 atom stereocenters. The Balaban J connectivity index is 1.68. The summed E-state index contributed by atoms with van der Waals surface area (Å²) in [6.07, 6.45) is 4.37. The zero-order chi connectivity index (χ0) is 13.9. The topological polar surface area (TPSA) is 29.5 Å². The van der Waals surface area contributed by atoms with Crippen molar-refractivity contribution in [3.8, 4) is 5.75 Å². The molecule has 3 heteroatoms. The van der Waals surface area contributed by atoms with E-state index >= 15 is 0 Å². The van der Waals surface area contributed by atoms with E-state index in [0.717, 1.165) is 31.9 Å². The molecule has 1 aromatic rings. The van der Waals surface area contributed by atoms with Crippen LogP contribution in [0.3, 0.4) is 0 Å². The lowest BCUT2D eigenvalue weighted by molar-refractivity contribution is -0.118. The Morgan fingerprint density at radius 3 is 3.05 bits per heavy atom. The van der Waals surface area contributed by atoms with E-state index in [9.17, 15) is 4.79 Å². The van der Waals surface area contributed by atoms with Crippen LogP contribution in [0.25, 0.3) is 0 Å². The number of carbonyl (C=O) groups is 1. The van der Waals surface area contributed by atoms with Gasteiger partial charge in [0, 0.05) is 30.5 Å². The van der Waals surface area contributed by atoms with E-state index in [1.54, 1.807) is 6.92 Å². The van der Waals surface area contributed by atoms with Gasteiger partial charge in [-0.1, -0.05) is 24.6 Å². The molecule has 2 unspecified atom stereocenters. The molecule has 0 spiro atoms. The highest BCUT2D eigenvalue weighted by Crippen LogP contribution is 2.35. The fraction of sp³-hybridized carbons (Fsp3) is 0.588. The fourth-order valence-corrected chi connectivity index (χ4v) is 3.53. The summed E-state index contributed by atoms with van der Waals surface area (Å²) in [6.45, 7) is 4.63. The van der Waals surface area contributed by atoms with Gasteiger partial charge in [-0.05, 0) is 32.4 Å². The van der Waals surface area contributed by atoms with Crippen LogP contribution in [-0.4, -0.2) is 36.4 Å². The predicted octanol–water partition coefficient (Wildman–Crippen LogP) is 3.00. The summed E-state index contributed by atoms with van der Waals surface area (Å²) < 4.78 is 5.78. The molecule has 0 bridgehead atoms. The van der Waals surface area contributed by atoms with Gasteiger partial charge in [0.1, 0.15) is 11.5 Å². The van der Waals surface area contributed by atoms with E-state index in [2.05, 4.69) is 23.1 Å². The van der Waals surface area contributed by atoms with Crippen molar-refractivity contribution in [2.24, 2.45) is 0 Å². The molecule has 3 rings (SSSR count). The Bertz CT molecular complexity index is 486. The largest absolute Gasteiger partial charge is 0.493 e. The third kappa shape index (κ3) is 2.88. The molecule has 1 aromatic carbocycles. The van der Waals surface area contributed by atoms with Gasteiger partial charge in [-0.25, -0.2) is 0 Å². The summed E-state index contributed by atoms with van der Waals surface area (Å²) >= 11 is 0. The number of rotatable bonds is 4. The third-order valence-corrected chi connectivity index (χ3v) is 4.53. The van der Waals surface area contributed by atoms with Crippen LogP contribution in [-0.2, 0) is 4.79 Å². The van der Waals surface area contributed by atoms with Crippen LogP contribution in [0.1, 0.15) is 44.1 Å². The van der Waals surface area contributed by atoms with Gasteiger partial charge in [0.05, 0.1) is 6.61 Å². The molecule has 0 radical (unpaired) electrons. The average molecular weight is 273 g/mol. The second kappa shape index (κ2) is 5.96. The molecule has 2 heterocycles. The van der Waals surface area contributed by atoms with E-state index < -0.39 is 0 Å². The van der Waals surface area contributed by atoms with Crippen LogP contribution in [0.2, 0.25) is 0 Å². The highest BCUT2D eigenvalue weighted by molar-refractivity contribution is 5.76. The van der Waals surface area contributed by atoms with Crippen molar-refractivity contribution in [1.29, 1.82) is 0 Å². The maximum atomic E-state index is 11.4. The number of nitrogens with zero attached hydrogens (tertiary/aromatic N) is 1. The van der Waals surface area contributed by atoms with Crippen molar-refractivity contribution in [1.82, 2.24) is 4.90 Å². The fourth-order valence-electron chi connectivity index (χ4n) is 3.53. The van der Waals surface area contributed by atoms with E-state index in [1.165, 1.54) is 18.4 Å². The third-order valence-electron chi connectivity index (χ3n) is 4.53. The molecule has 20 heavy (non-hydrogen) atoms. The number of piperidine rings is 1. The lowest BCUT2D eigenvalue weighted by atomic mass is 9.94. The molecule has 1 fully saturated rings. The lowest BCUT2D eigenvalue weighted by Gasteiger charge is -2.36. The minimum absolute atomic E-state index is 0.310. The smallest absolute Gasteiger partial charge is 0.131 e. The Morgan fingerprint density at radius 2 is 2.20 bits per heavy atom. The standard InChI is InChI=1S/C17H23NO2/c1-13(19)10-15-6-4-5-9-18(15)11-14-12-20-17-8-3-2-7-16(14)17/h2-3,7-8,14-15H,4-6,9-12H2,1H3. The maximum Gasteiger partial charge on any atom is 0.131 e. The predicted molar refractivity (Wildman–Crippen MR) is 79.2 cm³/mol. The minimum Gasteiger partial charge on any atom is -0.493 e. The van der Waals surface area contributed by atoms with Gasteiger partial charge in [-0.15, -0.1) is 0 Å². The molecule has 108 valence electrons. The number of likely N-dealkylation sites (tertiary alicyclic amines) is 1. The molecule has 2 aliphatic rings. The molecule has 0 saturated carbocycles. The van der Waals surface area contributed by atoms with Crippen LogP contribution in [0.5, 0.6) is 5.75 Å². The number of ether oxygens (including phenoxy) is 1. The van der Waals surface area contributed by atoms with Gasteiger partial charge in [-0.2, -0.15) is 0 Å². The van der Waals surface area contributed by atoms with E-state index in [0.29, 0.717) is 24.2 Å². The first-order valence-corrected chi connectivity index (χ1v) is 7.69. The van der Waals surface area contributed by atoms with Crippen molar-refractivity contribution in [2.75, 3.05) is 19.7 Å². The normalized spacial score (nSPS) is 26.1. The Morgan fingerprint density at radius 1 is 1.35 bits per heavy atom. The Kier molecular flexibility index (Phi) is 4.06. The first kappa shape index (κ1) is 13.6. The summed E-state index contributed by atoms with van der Waals surface area (Å²) in [6, 6.07) is 8.79. The van der Waals surface area contributed by atoms with Gasteiger partial charge in [0.25, 0.3) is 0 Å². The average Bonchev–Trinajstić information content (AvgIpc) is 2.84. The number of ketones is 1. The number of para-hydroxylation sites is 1. The Labute approximate surface area is 120 Å². The summed E-state index contributed by atoms with van der Waals surface area (Å²) in [7, 11) is 0. The first-order valence-electron chi connectivity index (χ1n) is 7.69. The number of carbonyl (C=O) groups excluding carboxylic acids is 1. The Hall–Kier alpha value is -1.35. The molecule has 0 amide bonds. The molecule has 0 aliphatic carbocycles. The second-order valence-electron chi connectivity index (χ2n) is 6.10. The summed E-state index contributed by atoms with van der Waals surface area (Å²) in [4.78, 5) is 14.0. The van der Waals surface area contributed by atoms with Gasteiger partial charge < -0.3 is 4.74 Å². The van der Waals surface area contributed by atoms with Crippen molar-refractivity contribution < 1.29 is 9.53 Å². The maximum absolute atomic E-state index is 11.4. The van der Waals surface area contributed by atoms with Gasteiger partial charge in [0.2, 0.25) is 0 Å². The minimum atomic E-state index is 0.310. The highest BCUT2D eigenvalue weighted by Gasteiger charge is 2.30. The number of fused-ring (bicyclic) bond motifs is 1. The van der Waals surface area contributed by atoms with Crippen LogP contribution in [0.15, 0.2) is 24.3 Å². The summed E-state index contributed by atoms with van der Waals surface area (Å²) in [5.41, 5.74) is 1.33.